The van der Waals surface area contributed by atoms with Crippen LogP contribution in [-0.2, 0) is 4.79 Å². The molecule has 2 heterocycles. The lowest BCUT2D eigenvalue weighted by molar-refractivity contribution is -0.139. The van der Waals surface area contributed by atoms with Crippen molar-refractivity contribution in [2.24, 2.45) is 11.8 Å². The first-order valence-electron chi connectivity index (χ1n) is 12.6. The summed E-state index contributed by atoms with van der Waals surface area (Å²) in [7, 11) is 1.54. The van der Waals surface area contributed by atoms with Crippen molar-refractivity contribution in [3.05, 3.63) is 65.4 Å². The number of nitrogens with zero attached hydrogens (tertiary/aromatic N) is 2. The van der Waals surface area contributed by atoms with Crippen molar-refractivity contribution >= 4 is 28.6 Å². The van der Waals surface area contributed by atoms with Crippen molar-refractivity contribution in [1.29, 1.82) is 0 Å². The molecule has 0 amide bonds. The number of halogens is 5. The number of likely N-dealkylation sites (tertiary alicyclic amines) is 1. The normalized spacial score (nSPS) is 18.8. The third-order valence-electron chi connectivity index (χ3n) is 7.25. The van der Waals surface area contributed by atoms with Crippen LogP contribution in [0.4, 0.5) is 22.0 Å². The van der Waals surface area contributed by atoms with Crippen LogP contribution < -0.4 is 4.74 Å². The smallest absolute Gasteiger partial charge is 0.303 e. The number of pyridine rings is 1. The summed E-state index contributed by atoms with van der Waals surface area (Å²) in [4.78, 5) is 17.3. The summed E-state index contributed by atoms with van der Waals surface area (Å²) in [5.74, 6) is -6.39. The number of aliphatic carboxylic acids is 1. The number of hydrogen-bond acceptors (Lipinski definition) is 5. The first-order valence-corrected chi connectivity index (χ1v) is 13.6. The van der Waals surface area contributed by atoms with E-state index in [4.69, 9.17) is 4.74 Å². The van der Waals surface area contributed by atoms with Crippen LogP contribution in [0.2, 0.25) is 0 Å². The Labute approximate surface area is 227 Å². The van der Waals surface area contributed by atoms with Gasteiger partial charge in [0.1, 0.15) is 17.7 Å². The van der Waals surface area contributed by atoms with Crippen LogP contribution in [0.25, 0.3) is 10.9 Å². The molecule has 1 N–H and O–H groups in total. The molecule has 0 radical (unpaired) electrons. The third kappa shape index (κ3) is 7.00. The summed E-state index contributed by atoms with van der Waals surface area (Å²) in [5, 5.41) is 10.1. The van der Waals surface area contributed by atoms with Gasteiger partial charge in [-0.1, -0.05) is 0 Å². The summed E-state index contributed by atoms with van der Waals surface area (Å²) in [6.07, 6.45) is 1.60. The Hall–Kier alpha value is -2.92. The van der Waals surface area contributed by atoms with Gasteiger partial charge in [0, 0.05) is 42.9 Å². The van der Waals surface area contributed by atoms with Crippen molar-refractivity contribution < 1.29 is 36.6 Å². The SMILES string of the molecule is COc1ccc2nccc(C(F)CC[C@@H]3CCN(CCSc4c(F)cc(F)c(F)c4F)C[C@@H]3CC(=O)O)c2c1. The molecule has 0 aliphatic carbocycles. The minimum atomic E-state index is -1.72. The van der Waals surface area contributed by atoms with Crippen LogP contribution in [0.1, 0.15) is 37.4 Å². The van der Waals surface area contributed by atoms with Gasteiger partial charge >= 0.3 is 5.97 Å². The van der Waals surface area contributed by atoms with Crippen molar-refractivity contribution in [2.45, 2.75) is 36.8 Å². The van der Waals surface area contributed by atoms with E-state index < -0.39 is 40.3 Å². The highest BCUT2D eigenvalue weighted by Gasteiger charge is 2.31. The van der Waals surface area contributed by atoms with Crippen LogP contribution in [0.15, 0.2) is 41.4 Å². The van der Waals surface area contributed by atoms with E-state index in [1.165, 1.54) is 7.11 Å². The van der Waals surface area contributed by atoms with E-state index in [0.29, 0.717) is 60.8 Å². The second-order valence-electron chi connectivity index (χ2n) is 9.68. The van der Waals surface area contributed by atoms with Crippen LogP contribution in [0.5, 0.6) is 5.75 Å². The number of alkyl halides is 1. The van der Waals surface area contributed by atoms with Gasteiger partial charge in [-0.3, -0.25) is 9.78 Å². The van der Waals surface area contributed by atoms with Crippen LogP contribution >= 0.6 is 11.8 Å². The van der Waals surface area contributed by atoms with Gasteiger partial charge in [-0.25, -0.2) is 22.0 Å². The van der Waals surface area contributed by atoms with Crippen molar-refractivity contribution in [1.82, 2.24) is 9.88 Å². The number of benzene rings is 2. The lowest BCUT2D eigenvalue weighted by Crippen LogP contribution is -2.42. The van der Waals surface area contributed by atoms with Crippen molar-refractivity contribution in [3.8, 4) is 5.75 Å². The fourth-order valence-electron chi connectivity index (χ4n) is 5.22. The molecule has 5 nitrogen and oxygen atoms in total. The molecule has 210 valence electrons. The molecule has 3 atom stereocenters. The molecule has 0 spiro atoms. The highest BCUT2D eigenvalue weighted by Crippen LogP contribution is 2.36. The quantitative estimate of drug-likeness (QED) is 0.119. The van der Waals surface area contributed by atoms with E-state index >= 15 is 4.39 Å². The minimum Gasteiger partial charge on any atom is -0.497 e. The molecule has 0 bridgehead atoms. The summed E-state index contributed by atoms with van der Waals surface area (Å²) < 4.78 is 75.3. The number of carbonyl (C=O) groups is 1. The second kappa shape index (κ2) is 13.0. The fraction of sp³-hybridized carbons (Fsp3) is 0.429. The van der Waals surface area contributed by atoms with Crippen molar-refractivity contribution in [3.63, 3.8) is 0 Å². The Bertz CT molecular complexity index is 1330. The molecule has 1 aliphatic rings. The number of methoxy groups -OCH3 is 1. The Morgan fingerprint density at radius 1 is 1.15 bits per heavy atom. The maximum atomic E-state index is 15.5. The Morgan fingerprint density at radius 3 is 2.69 bits per heavy atom. The molecule has 4 rings (SSSR count). The lowest BCUT2D eigenvalue weighted by Gasteiger charge is -2.38. The van der Waals surface area contributed by atoms with E-state index in [1.807, 2.05) is 4.90 Å². The molecule has 3 aromatic rings. The summed E-state index contributed by atoms with van der Waals surface area (Å²) in [6, 6.07) is 7.27. The van der Waals surface area contributed by atoms with E-state index in [1.54, 1.807) is 30.5 Å². The minimum absolute atomic E-state index is 0.00743. The zero-order valence-corrected chi connectivity index (χ0v) is 22.1. The average molecular weight is 569 g/mol. The van der Waals surface area contributed by atoms with Crippen LogP contribution in [-0.4, -0.2) is 53.5 Å². The Kier molecular flexibility index (Phi) is 9.66. The maximum absolute atomic E-state index is 15.5. The number of piperidine rings is 1. The first kappa shape index (κ1) is 29.1. The molecule has 1 aliphatic heterocycles. The van der Waals surface area contributed by atoms with Gasteiger partial charge in [0.25, 0.3) is 0 Å². The standard InChI is InChI=1S/C28H29F5N2O3S/c1-38-18-3-5-24-20(13-18)19(6-8-34-24)21(29)4-2-16-7-9-35(15-17(16)12-25(36)37)10-11-39-28-23(31)14-22(30)26(32)27(28)33/h3,5-6,8,13-14,16-17,21H,2,4,7,9-12,15H2,1H3,(H,36,37)/t16-,17+,21?/m1/s1. The third-order valence-corrected chi connectivity index (χ3v) is 8.30. The predicted octanol–water partition coefficient (Wildman–Crippen LogP) is 6.80. The molecular weight excluding hydrogens is 539 g/mol. The van der Waals surface area contributed by atoms with Gasteiger partial charge < -0.3 is 14.7 Å². The highest BCUT2D eigenvalue weighted by atomic mass is 32.2. The fourth-order valence-corrected chi connectivity index (χ4v) is 6.18. The number of thioether (sulfide) groups is 1. The van der Waals surface area contributed by atoms with Crippen LogP contribution in [0, 0.1) is 35.1 Å². The van der Waals surface area contributed by atoms with Crippen LogP contribution in [0.3, 0.4) is 0 Å². The van der Waals surface area contributed by atoms with Gasteiger partial charge in [-0.2, -0.15) is 0 Å². The molecule has 0 saturated carbocycles. The molecule has 2 aromatic carbocycles. The monoisotopic (exact) mass is 568 g/mol. The van der Waals surface area contributed by atoms with E-state index in [-0.39, 0.29) is 30.4 Å². The number of rotatable bonds is 11. The summed E-state index contributed by atoms with van der Waals surface area (Å²) in [6.45, 7) is 1.42. The van der Waals surface area contributed by atoms with Gasteiger partial charge in [0.15, 0.2) is 17.5 Å². The maximum Gasteiger partial charge on any atom is 0.303 e. The number of fused-ring (bicyclic) bond motifs is 1. The number of aromatic nitrogens is 1. The van der Waals surface area contributed by atoms with E-state index in [0.717, 1.165) is 11.8 Å². The van der Waals surface area contributed by atoms with E-state index in [2.05, 4.69) is 4.98 Å². The Balaban J connectivity index is 1.36. The number of carboxylic acid groups (broad SMARTS) is 1. The molecule has 1 saturated heterocycles. The number of hydrogen-bond donors (Lipinski definition) is 1. The Morgan fingerprint density at radius 2 is 1.95 bits per heavy atom. The summed E-state index contributed by atoms with van der Waals surface area (Å²) in [5.41, 5.74) is 1.17. The predicted molar refractivity (Wildman–Crippen MR) is 139 cm³/mol. The molecule has 39 heavy (non-hydrogen) atoms. The van der Waals surface area contributed by atoms with E-state index in [9.17, 15) is 27.5 Å². The van der Waals surface area contributed by atoms with Crippen molar-refractivity contribution in [2.75, 3.05) is 32.5 Å². The summed E-state index contributed by atoms with van der Waals surface area (Å²) >= 11 is 0.743. The molecule has 1 aromatic heterocycles. The first-order chi connectivity index (χ1) is 18.7. The van der Waals surface area contributed by atoms with Gasteiger partial charge in [-0.15, -0.1) is 11.8 Å². The number of ether oxygens (including phenoxy) is 1. The number of carboxylic acids is 1. The largest absolute Gasteiger partial charge is 0.497 e. The highest BCUT2D eigenvalue weighted by molar-refractivity contribution is 7.99. The lowest BCUT2D eigenvalue weighted by atomic mass is 9.79. The average Bonchev–Trinajstić information content (AvgIpc) is 2.92. The topological polar surface area (TPSA) is 62.7 Å². The van der Waals surface area contributed by atoms with Gasteiger partial charge in [-0.05, 0) is 67.5 Å². The second-order valence-corrected chi connectivity index (χ2v) is 10.8. The molecule has 11 heteroatoms. The zero-order chi connectivity index (χ0) is 28.1. The van der Waals surface area contributed by atoms with Gasteiger partial charge in [0.2, 0.25) is 0 Å². The van der Waals surface area contributed by atoms with Gasteiger partial charge in [0.05, 0.1) is 17.5 Å². The molecular formula is C28H29F5N2O3S. The zero-order valence-electron chi connectivity index (χ0n) is 21.3. The molecule has 1 unspecified atom stereocenters. The molecule has 1 fully saturated rings.